The van der Waals surface area contributed by atoms with Crippen LogP contribution in [0.3, 0.4) is 0 Å². The largest absolute Gasteiger partial charge is 0.507 e. The van der Waals surface area contributed by atoms with Gasteiger partial charge in [-0.2, -0.15) is 0 Å². The second kappa shape index (κ2) is 5.87. The van der Waals surface area contributed by atoms with Crippen molar-refractivity contribution in [3.8, 4) is 5.75 Å². The minimum Gasteiger partial charge on any atom is -0.507 e. The van der Waals surface area contributed by atoms with E-state index in [0.717, 1.165) is 5.56 Å². The molecule has 0 bridgehead atoms. The summed E-state index contributed by atoms with van der Waals surface area (Å²) in [5.41, 5.74) is 3.24. The van der Waals surface area contributed by atoms with Gasteiger partial charge in [0.2, 0.25) is 0 Å². The van der Waals surface area contributed by atoms with Crippen LogP contribution in [0.2, 0.25) is 0 Å². The number of hydrogen-bond donors (Lipinski definition) is 1. The lowest BCUT2D eigenvalue weighted by Gasteiger charge is -2.17. The van der Waals surface area contributed by atoms with E-state index >= 15 is 0 Å². The average Bonchev–Trinajstić information content (AvgIpc) is 2.65. The Balaban J connectivity index is 1.75. The Morgan fingerprint density at radius 3 is 1.96 bits per heavy atom. The number of hydrogen-bond acceptors (Lipinski definition) is 3. The third kappa shape index (κ3) is 2.56. The molecule has 25 heavy (non-hydrogen) atoms. The zero-order valence-corrected chi connectivity index (χ0v) is 13.3. The molecule has 0 spiro atoms. The lowest BCUT2D eigenvalue weighted by molar-refractivity contribution is 0.0979. The van der Waals surface area contributed by atoms with E-state index in [1.807, 2.05) is 12.1 Å². The number of rotatable bonds is 2. The van der Waals surface area contributed by atoms with Gasteiger partial charge in [0.05, 0.1) is 0 Å². The smallest absolute Gasteiger partial charge is 0.194 e. The molecule has 3 nitrogen and oxygen atoms in total. The average molecular weight is 326 g/mol. The number of carbonyl (C=O) groups excluding carboxylic acids is 2. The van der Waals surface area contributed by atoms with E-state index in [1.165, 1.54) is 0 Å². The van der Waals surface area contributed by atoms with Crippen LogP contribution in [-0.2, 0) is 0 Å². The third-order valence-corrected chi connectivity index (χ3v) is 4.34. The van der Waals surface area contributed by atoms with E-state index in [1.54, 1.807) is 66.7 Å². The second-order valence-corrected chi connectivity index (χ2v) is 5.90. The van der Waals surface area contributed by atoms with E-state index < -0.39 is 0 Å². The van der Waals surface area contributed by atoms with Crippen molar-refractivity contribution in [1.82, 2.24) is 0 Å². The lowest BCUT2D eigenvalue weighted by atomic mass is 9.83. The zero-order chi connectivity index (χ0) is 17.4. The fourth-order valence-electron chi connectivity index (χ4n) is 3.04. The minimum absolute atomic E-state index is 0.124. The minimum atomic E-state index is -0.136. The molecule has 3 heteroatoms. The molecule has 0 aliphatic heterocycles. The summed E-state index contributed by atoms with van der Waals surface area (Å²) in [6, 6.07) is 19.1. The monoisotopic (exact) mass is 326 g/mol. The van der Waals surface area contributed by atoms with Crippen LogP contribution in [0.5, 0.6) is 5.75 Å². The van der Waals surface area contributed by atoms with Crippen molar-refractivity contribution in [2.45, 2.75) is 0 Å². The van der Waals surface area contributed by atoms with Crippen LogP contribution in [0.15, 0.2) is 66.7 Å². The van der Waals surface area contributed by atoms with E-state index in [9.17, 15) is 14.7 Å². The van der Waals surface area contributed by atoms with Gasteiger partial charge in [-0.25, -0.2) is 0 Å². The van der Waals surface area contributed by atoms with Crippen molar-refractivity contribution in [1.29, 1.82) is 0 Å². The summed E-state index contributed by atoms with van der Waals surface area (Å²) in [6.07, 6.45) is 3.59. The third-order valence-electron chi connectivity index (χ3n) is 4.34. The molecule has 0 aromatic heterocycles. The van der Waals surface area contributed by atoms with Gasteiger partial charge >= 0.3 is 0 Å². The summed E-state index contributed by atoms with van der Waals surface area (Å²) in [7, 11) is 0. The van der Waals surface area contributed by atoms with Crippen molar-refractivity contribution in [3.63, 3.8) is 0 Å². The van der Waals surface area contributed by atoms with Gasteiger partial charge in [0.25, 0.3) is 0 Å². The number of phenolic OH excluding ortho intramolecular Hbond substituents is 1. The van der Waals surface area contributed by atoms with Gasteiger partial charge in [0.15, 0.2) is 11.6 Å². The predicted molar refractivity (Wildman–Crippen MR) is 96.8 cm³/mol. The number of para-hydroxylation sites is 1. The van der Waals surface area contributed by atoms with Crippen molar-refractivity contribution < 1.29 is 14.7 Å². The van der Waals surface area contributed by atoms with Crippen LogP contribution in [-0.4, -0.2) is 16.7 Å². The lowest BCUT2D eigenvalue weighted by Crippen LogP contribution is -2.20. The first-order valence-corrected chi connectivity index (χ1v) is 7.94. The van der Waals surface area contributed by atoms with Crippen molar-refractivity contribution in [2.24, 2.45) is 0 Å². The molecule has 0 radical (unpaired) electrons. The standard InChI is InChI=1S/C22H14O3/c23-20-8-4-1-5-15(20)11-9-14-10-12-18-19(13-14)22(25)17-7-3-2-6-16(17)21(18)24/h1-13,23H. The van der Waals surface area contributed by atoms with Crippen LogP contribution < -0.4 is 0 Å². The Morgan fingerprint density at radius 2 is 1.24 bits per heavy atom. The topological polar surface area (TPSA) is 54.4 Å². The summed E-state index contributed by atoms with van der Waals surface area (Å²) >= 11 is 0. The molecule has 3 aromatic carbocycles. The number of aromatic hydroxyl groups is 1. The second-order valence-electron chi connectivity index (χ2n) is 5.90. The molecule has 0 fully saturated rings. The van der Waals surface area contributed by atoms with Crippen LogP contribution in [0.25, 0.3) is 12.2 Å². The molecule has 0 unspecified atom stereocenters. The molecule has 1 aliphatic rings. The number of ketones is 2. The molecule has 120 valence electrons. The van der Waals surface area contributed by atoms with Crippen LogP contribution in [0.4, 0.5) is 0 Å². The summed E-state index contributed by atoms with van der Waals surface area (Å²) in [4.78, 5) is 25.3. The Kier molecular flexibility index (Phi) is 3.55. The highest BCUT2D eigenvalue weighted by molar-refractivity contribution is 6.28. The van der Waals surface area contributed by atoms with Gasteiger partial charge in [-0.15, -0.1) is 0 Å². The van der Waals surface area contributed by atoms with Gasteiger partial charge in [-0.1, -0.05) is 60.7 Å². The number of carbonyl (C=O) groups is 2. The molecule has 3 aromatic rings. The quantitative estimate of drug-likeness (QED) is 0.558. The molecule has 0 atom stereocenters. The first kappa shape index (κ1) is 15.1. The van der Waals surface area contributed by atoms with Gasteiger partial charge in [0, 0.05) is 27.8 Å². The summed E-state index contributed by atoms with van der Waals surface area (Å²) in [6.45, 7) is 0. The van der Waals surface area contributed by atoms with E-state index in [2.05, 4.69) is 0 Å². The molecular weight excluding hydrogens is 312 g/mol. The van der Waals surface area contributed by atoms with Gasteiger partial charge in [-0.3, -0.25) is 9.59 Å². The molecule has 0 amide bonds. The SMILES string of the molecule is O=C1c2ccccc2C(=O)c2cc(C=Cc3ccccc3O)ccc21. The number of fused-ring (bicyclic) bond motifs is 2. The maximum atomic E-state index is 12.7. The van der Waals surface area contributed by atoms with Crippen LogP contribution >= 0.6 is 0 Å². The fourth-order valence-corrected chi connectivity index (χ4v) is 3.04. The summed E-state index contributed by atoms with van der Waals surface area (Å²) in [5.74, 6) is -0.0682. The maximum absolute atomic E-state index is 12.7. The van der Waals surface area contributed by atoms with Crippen LogP contribution in [0.1, 0.15) is 43.0 Å². The Labute approximate surface area is 144 Å². The molecular formula is C22H14O3. The van der Waals surface area contributed by atoms with Gasteiger partial charge in [-0.05, 0) is 23.8 Å². The Hall–Kier alpha value is -3.46. The normalized spacial score (nSPS) is 13.0. The maximum Gasteiger partial charge on any atom is 0.194 e. The van der Waals surface area contributed by atoms with Gasteiger partial charge < -0.3 is 5.11 Å². The van der Waals surface area contributed by atoms with E-state index in [-0.39, 0.29) is 17.3 Å². The summed E-state index contributed by atoms with van der Waals surface area (Å²) < 4.78 is 0. The number of benzene rings is 3. The number of phenols is 1. The highest BCUT2D eigenvalue weighted by Gasteiger charge is 2.29. The Bertz CT molecular complexity index is 1040. The first-order chi connectivity index (χ1) is 12.1. The Morgan fingerprint density at radius 1 is 0.640 bits per heavy atom. The molecule has 1 N–H and O–H groups in total. The van der Waals surface area contributed by atoms with E-state index in [4.69, 9.17) is 0 Å². The first-order valence-electron chi connectivity index (χ1n) is 7.94. The molecule has 0 saturated heterocycles. The zero-order valence-electron chi connectivity index (χ0n) is 13.3. The van der Waals surface area contributed by atoms with Crippen molar-refractivity contribution in [3.05, 3.63) is 100 Å². The van der Waals surface area contributed by atoms with Crippen molar-refractivity contribution >= 4 is 23.7 Å². The molecule has 0 saturated carbocycles. The predicted octanol–water partition coefficient (Wildman–Crippen LogP) is 4.34. The summed E-state index contributed by atoms with van der Waals surface area (Å²) in [5, 5.41) is 9.82. The van der Waals surface area contributed by atoms with Crippen LogP contribution in [0, 0.1) is 0 Å². The highest BCUT2D eigenvalue weighted by atomic mass is 16.3. The van der Waals surface area contributed by atoms with Gasteiger partial charge in [0.1, 0.15) is 5.75 Å². The fraction of sp³-hybridized carbons (Fsp3) is 0. The van der Waals surface area contributed by atoms with E-state index in [0.29, 0.717) is 27.8 Å². The highest BCUT2D eigenvalue weighted by Crippen LogP contribution is 2.28. The molecule has 4 rings (SSSR count). The molecule has 0 heterocycles. The van der Waals surface area contributed by atoms with Crippen molar-refractivity contribution in [2.75, 3.05) is 0 Å². The molecule has 1 aliphatic carbocycles.